The van der Waals surface area contributed by atoms with Crippen molar-refractivity contribution in [2.75, 3.05) is 0 Å². The van der Waals surface area contributed by atoms with E-state index in [9.17, 15) is 9.90 Å². The minimum Gasteiger partial charge on any atom is -0.508 e. The van der Waals surface area contributed by atoms with Crippen molar-refractivity contribution in [3.63, 3.8) is 0 Å². The number of benzene rings is 1. The lowest BCUT2D eigenvalue weighted by molar-refractivity contribution is 0.465. The molecule has 0 radical (unpaired) electrons. The number of phenolic OH excluding ortho intramolecular Hbond substituents is 1. The summed E-state index contributed by atoms with van der Waals surface area (Å²) in [7, 11) is 0. The summed E-state index contributed by atoms with van der Waals surface area (Å²) in [6.45, 7) is 3.58. The van der Waals surface area contributed by atoms with Gasteiger partial charge in [0.25, 0.3) is 0 Å². The van der Waals surface area contributed by atoms with Crippen LogP contribution in [0.15, 0.2) is 40.2 Å². The Hall–Kier alpha value is -2.10. The van der Waals surface area contributed by atoms with Crippen LogP contribution in [-0.4, -0.2) is 10.1 Å². The Morgan fingerprint density at radius 3 is 3.07 bits per heavy atom. The zero-order valence-electron chi connectivity index (χ0n) is 7.93. The standard InChI is InChI=1S/C11H9NO3/c1-2-3-8-9(13)5-4-7-6-12-11(14)15-10(7)8/h2,4-6,13H,1,3H2. The fourth-order valence-electron chi connectivity index (χ4n) is 1.44. The van der Waals surface area contributed by atoms with Crippen LogP contribution in [0, 0.1) is 0 Å². The zero-order valence-corrected chi connectivity index (χ0v) is 7.93. The van der Waals surface area contributed by atoms with Gasteiger partial charge in [0.05, 0.1) is 0 Å². The van der Waals surface area contributed by atoms with E-state index in [4.69, 9.17) is 4.42 Å². The number of aromatic hydroxyl groups is 1. The molecule has 0 fully saturated rings. The van der Waals surface area contributed by atoms with Crippen LogP contribution in [0.25, 0.3) is 11.0 Å². The van der Waals surface area contributed by atoms with Gasteiger partial charge < -0.3 is 9.52 Å². The maximum absolute atomic E-state index is 11.0. The monoisotopic (exact) mass is 203 g/mol. The van der Waals surface area contributed by atoms with Crippen molar-refractivity contribution >= 4 is 11.0 Å². The van der Waals surface area contributed by atoms with E-state index in [1.165, 1.54) is 6.20 Å². The summed E-state index contributed by atoms with van der Waals surface area (Å²) in [6, 6.07) is 3.19. The van der Waals surface area contributed by atoms with Crippen LogP contribution in [0.3, 0.4) is 0 Å². The van der Waals surface area contributed by atoms with E-state index in [1.807, 2.05) is 0 Å². The Morgan fingerprint density at radius 1 is 1.53 bits per heavy atom. The Morgan fingerprint density at radius 2 is 2.33 bits per heavy atom. The highest BCUT2D eigenvalue weighted by atomic mass is 16.4. The second-order valence-electron chi connectivity index (χ2n) is 3.10. The molecule has 0 atom stereocenters. The van der Waals surface area contributed by atoms with E-state index in [2.05, 4.69) is 11.6 Å². The maximum atomic E-state index is 11.0. The number of phenols is 1. The summed E-state index contributed by atoms with van der Waals surface area (Å²) in [5.41, 5.74) is 0.928. The van der Waals surface area contributed by atoms with Gasteiger partial charge in [0.2, 0.25) is 0 Å². The van der Waals surface area contributed by atoms with Crippen LogP contribution in [0.4, 0.5) is 0 Å². The predicted molar refractivity (Wildman–Crippen MR) is 55.8 cm³/mol. The van der Waals surface area contributed by atoms with Crippen LogP contribution in [-0.2, 0) is 6.42 Å². The average Bonchev–Trinajstić information content (AvgIpc) is 2.23. The first-order valence-electron chi connectivity index (χ1n) is 4.44. The van der Waals surface area contributed by atoms with Gasteiger partial charge in [0.1, 0.15) is 11.3 Å². The average molecular weight is 203 g/mol. The molecule has 2 aromatic rings. The number of hydrogen-bond donors (Lipinski definition) is 1. The minimum absolute atomic E-state index is 0.0942. The summed E-state index contributed by atoms with van der Waals surface area (Å²) >= 11 is 0. The Labute approximate surface area is 85.5 Å². The third-order valence-electron chi connectivity index (χ3n) is 2.11. The predicted octanol–water partition coefficient (Wildman–Crippen LogP) is 1.62. The van der Waals surface area contributed by atoms with Gasteiger partial charge in [-0.25, -0.2) is 4.79 Å². The molecule has 0 saturated carbocycles. The zero-order chi connectivity index (χ0) is 10.8. The highest BCUT2D eigenvalue weighted by Crippen LogP contribution is 2.26. The highest BCUT2D eigenvalue weighted by Gasteiger charge is 2.08. The van der Waals surface area contributed by atoms with Crippen LogP contribution in [0.5, 0.6) is 5.75 Å². The lowest BCUT2D eigenvalue weighted by atomic mass is 10.1. The van der Waals surface area contributed by atoms with E-state index >= 15 is 0 Å². The summed E-state index contributed by atoms with van der Waals surface area (Å²) in [4.78, 5) is 14.5. The van der Waals surface area contributed by atoms with Gasteiger partial charge in [-0.1, -0.05) is 6.08 Å². The van der Waals surface area contributed by atoms with Crippen molar-refractivity contribution < 1.29 is 9.52 Å². The number of fused-ring (bicyclic) bond motifs is 1. The first-order chi connectivity index (χ1) is 7.22. The molecule has 0 saturated heterocycles. The molecule has 2 rings (SSSR count). The Balaban J connectivity index is 2.83. The highest BCUT2D eigenvalue weighted by molar-refractivity contribution is 5.81. The van der Waals surface area contributed by atoms with Crippen LogP contribution >= 0.6 is 0 Å². The molecule has 1 heterocycles. The second-order valence-corrected chi connectivity index (χ2v) is 3.10. The first kappa shape index (κ1) is 9.45. The normalized spacial score (nSPS) is 10.4. The fourth-order valence-corrected chi connectivity index (χ4v) is 1.44. The molecule has 0 unspecified atom stereocenters. The van der Waals surface area contributed by atoms with Crippen molar-refractivity contribution in [3.8, 4) is 5.75 Å². The molecule has 1 N–H and O–H groups in total. The maximum Gasteiger partial charge on any atom is 0.439 e. The molecule has 15 heavy (non-hydrogen) atoms. The number of hydrogen-bond acceptors (Lipinski definition) is 4. The van der Waals surface area contributed by atoms with E-state index in [0.29, 0.717) is 23.0 Å². The largest absolute Gasteiger partial charge is 0.508 e. The molecule has 0 amide bonds. The van der Waals surface area contributed by atoms with Crippen molar-refractivity contribution in [2.45, 2.75) is 6.42 Å². The summed E-state index contributed by atoms with van der Waals surface area (Å²) in [6.07, 6.45) is 3.50. The molecular formula is C11H9NO3. The Kier molecular flexibility index (Phi) is 2.25. The minimum atomic E-state index is -0.668. The van der Waals surface area contributed by atoms with Gasteiger partial charge in [0.15, 0.2) is 0 Å². The molecule has 1 aromatic carbocycles. The van der Waals surface area contributed by atoms with E-state index in [1.54, 1.807) is 18.2 Å². The quantitative estimate of drug-likeness (QED) is 0.753. The number of nitrogens with zero attached hydrogens (tertiary/aromatic N) is 1. The molecule has 4 nitrogen and oxygen atoms in total. The van der Waals surface area contributed by atoms with Crippen molar-refractivity contribution in [1.29, 1.82) is 0 Å². The molecule has 76 valence electrons. The van der Waals surface area contributed by atoms with Crippen LogP contribution < -0.4 is 5.76 Å². The van der Waals surface area contributed by atoms with Gasteiger partial charge in [-0.3, -0.25) is 0 Å². The number of allylic oxidation sites excluding steroid dienone is 1. The molecule has 1 aromatic heterocycles. The molecular weight excluding hydrogens is 194 g/mol. The molecule has 0 aliphatic carbocycles. The van der Waals surface area contributed by atoms with Gasteiger partial charge in [-0.15, -0.1) is 6.58 Å². The van der Waals surface area contributed by atoms with Gasteiger partial charge in [0, 0.05) is 17.1 Å². The van der Waals surface area contributed by atoms with E-state index in [-0.39, 0.29) is 5.75 Å². The summed E-state index contributed by atoms with van der Waals surface area (Å²) in [5, 5.41) is 10.3. The van der Waals surface area contributed by atoms with Gasteiger partial charge in [-0.2, -0.15) is 4.98 Å². The van der Waals surface area contributed by atoms with Crippen LogP contribution in [0.2, 0.25) is 0 Å². The first-order valence-corrected chi connectivity index (χ1v) is 4.44. The van der Waals surface area contributed by atoms with Crippen molar-refractivity contribution in [3.05, 3.63) is 47.1 Å². The smallest absolute Gasteiger partial charge is 0.439 e. The molecule has 0 aliphatic rings. The lowest BCUT2D eigenvalue weighted by Crippen LogP contribution is -2.02. The van der Waals surface area contributed by atoms with E-state index in [0.717, 1.165) is 0 Å². The SMILES string of the molecule is C=CCc1c(O)ccc2cnc(=O)oc12. The van der Waals surface area contributed by atoms with Crippen LogP contribution in [0.1, 0.15) is 5.56 Å². The third kappa shape index (κ3) is 1.61. The molecule has 0 bridgehead atoms. The summed E-state index contributed by atoms with van der Waals surface area (Å²) in [5.74, 6) is -0.574. The Bertz CT molecular complexity index is 572. The second kappa shape index (κ2) is 3.57. The molecule has 0 aliphatic heterocycles. The van der Waals surface area contributed by atoms with Crippen molar-refractivity contribution in [1.82, 2.24) is 4.98 Å². The molecule has 4 heteroatoms. The molecule has 0 spiro atoms. The fraction of sp³-hybridized carbons (Fsp3) is 0.0909. The van der Waals surface area contributed by atoms with Gasteiger partial charge >= 0.3 is 5.76 Å². The third-order valence-corrected chi connectivity index (χ3v) is 2.11. The number of aromatic nitrogens is 1. The summed E-state index contributed by atoms with van der Waals surface area (Å²) < 4.78 is 4.95. The van der Waals surface area contributed by atoms with Crippen molar-refractivity contribution in [2.24, 2.45) is 0 Å². The lowest BCUT2D eigenvalue weighted by Gasteiger charge is -2.04. The van der Waals surface area contributed by atoms with E-state index < -0.39 is 5.76 Å². The number of rotatable bonds is 2. The van der Waals surface area contributed by atoms with Gasteiger partial charge in [-0.05, 0) is 18.6 Å². The topological polar surface area (TPSA) is 63.3 Å².